The molecule has 2 aromatic heterocycles. The molecule has 2 heterocycles. The van der Waals surface area contributed by atoms with Crippen molar-refractivity contribution in [1.82, 2.24) is 19.9 Å². The predicted octanol–water partition coefficient (Wildman–Crippen LogP) is 7.51. The van der Waals surface area contributed by atoms with E-state index in [1.54, 1.807) is 42.5 Å². The fraction of sp³-hybridized carbons (Fsp3) is 0.312. The molecule has 0 bridgehead atoms. The van der Waals surface area contributed by atoms with Crippen molar-refractivity contribution in [2.45, 2.75) is 63.5 Å². The Morgan fingerprint density at radius 1 is 0.660 bits per heavy atom. The lowest BCUT2D eigenvalue weighted by Gasteiger charge is -2.23. The van der Waals surface area contributed by atoms with E-state index in [0.29, 0.717) is 62.5 Å². The van der Waals surface area contributed by atoms with Gasteiger partial charge in [0.1, 0.15) is 11.5 Å². The van der Waals surface area contributed by atoms with Crippen LogP contribution in [0.3, 0.4) is 0 Å². The Labute approximate surface area is 286 Å². The van der Waals surface area contributed by atoms with E-state index in [1.807, 2.05) is 0 Å². The average molecular weight is 700 g/mol. The number of ether oxygens (including phenoxy) is 2. The zero-order chi connectivity index (χ0) is 33.3. The molecular formula is C32H33Cl3N8O4. The number of anilines is 4. The summed E-state index contributed by atoms with van der Waals surface area (Å²) in [7, 11) is 0. The summed E-state index contributed by atoms with van der Waals surface area (Å²) < 4.78 is 11.6. The second-order valence-corrected chi connectivity index (χ2v) is 12.2. The van der Waals surface area contributed by atoms with E-state index >= 15 is 0 Å². The van der Waals surface area contributed by atoms with Crippen LogP contribution in [0.4, 0.5) is 23.5 Å². The van der Waals surface area contributed by atoms with Gasteiger partial charge < -0.3 is 31.6 Å². The van der Waals surface area contributed by atoms with Gasteiger partial charge in [0.05, 0.1) is 29.5 Å². The zero-order valence-electron chi connectivity index (χ0n) is 25.2. The Morgan fingerprint density at radius 2 is 1.17 bits per heavy atom. The van der Waals surface area contributed by atoms with Crippen LogP contribution in [0.1, 0.15) is 51.4 Å². The number of rotatable bonds is 8. The summed E-state index contributed by atoms with van der Waals surface area (Å²) >= 11 is 17.9. The Morgan fingerprint density at radius 3 is 1.68 bits per heavy atom. The van der Waals surface area contributed by atoms with E-state index in [2.05, 4.69) is 30.6 Å². The van der Waals surface area contributed by atoms with Crippen molar-refractivity contribution in [2.75, 3.05) is 22.1 Å². The first-order valence-corrected chi connectivity index (χ1v) is 16.2. The minimum atomic E-state index is -0.295. The quantitative estimate of drug-likeness (QED) is 0.142. The van der Waals surface area contributed by atoms with Gasteiger partial charge in [0.15, 0.2) is 34.7 Å². The number of carbonyl (C=O) groups excluding carboxylic acids is 2. The smallest absolute Gasteiger partial charge is 0.222 e. The minimum absolute atomic E-state index is 0.0929. The Hall–Kier alpha value is -4.39. The Balaban J connectivity index is 0.000000185. The van der Waals surface area contributed by atoms with Crippen molar-refractivity contribution in [3.63, 3.8) is 0 Å². The van der Waals surface area contributed by atoms with Gasteiger partial charge in [-0.2, -0.15) is 9.97 Å². The van der Waals surface area contributed by atoms with E-state index in [1.165, 1.54) is 12.4 Å². The van der Waals surface area contributed by atoms with Crippen LogP contribution in [0.2, 0.25) is 15.1 Å². The molecule has 0 radical (unpaired) electrons. The summed E-state index contributed by atoms with van der Waals surface area (Å²) in [6.45, 7) is 0. The summed E-state index contributed by atoms with van der Waals surface area (Å²) in [4.78, 5) is 40.3. The molecule has 15 heteroatoms. The highest BCUT2D eigenvalue weighted by atomic mass is 35.5. The maximum atomic E-state index is 12.0. The minimum Gasteiger partial charge on any atom is -0.452 e. The van der Waals surface area contributed by atoms with Gasteiger partial charge in [0, 0.05) is 22.9 Å². The number of nitrogens with one attached hydrogen (secondary N) is 2. The van der Waals surface area contributed by atoms with Crippen LogP contribution in [-0.4, -0.2) is 43.6 Å². The van der Waals surface area contributed by atoms with Crippen molar-refractivity contribution in [1.29, 1.82) is 0 Å². The molecule has 6 rings (SSSR count). The van der Waals surface area contributed by atoms with Gasteiger partial charge in [-0.1, -0.05) is 47.6 Å². The maximum absolute atomic E-state index is 12.0. The molecule has 47 heavy (non-hydrogen) atoms. The maximum Gasteiger partial charge on any atom is 0.222 e. The molecule has 4 aromatic rings. The highest BCUT2D eigenvalue weighted by Crippen LogP contribution is 2.35. The molecule has 246 valence electrons. The zero-order valence-corrected chi connectivity index (χ0v) is 27.5. The molecule has 12 nitrogen and oxygen atoms in total. The number of benzene rings is 2. The summed E-state index contributed by atoms with van der Waals surface area (Å²) in [6, 6.07) is 11.3. The molecule has 0 spiro atoms. The number of ketones is 2. The molecule has 2 fully saturated rings. The number of nitrogen functional groups attached to an aromatic ring is 2. The number of nitrogens with zero attached hydrogens (tertiary/aromatic N) is 4. The van der Waals surface area contributed by atoms with Crippen LogP contribution in [-0.2, 0) is 9.59 Å². The first kappa shape index (κ1) is 34.0. The van der Waals surface area contributed by atoms with Crippen LogP contribution >= 0.6 is 34.8 Å². The standard InChI is InChI=1S/C16H16Cl2N4O2.C16H17ClN4O2/c17-9-5-6-13(10(18)7-9)24-14-8-20-16(19)22-15(14)21-11-3-1-2-4-12(11)23;17-10-5-7-11(8-6-10)23-14-9-19-16(18)21-15(14)20-12-3-1-2-4-13(12)22/h5-8,11H,1-4H2,(H3,19,20,21,22);5-9,12H,1-4H2,(H3,18,19,20,21). The van der Waals surface area contributed by atoms with Gasteiger partial charge in [-0.3, -0.25) is 9.59 Å². The van der Waals surface area contributed by atoms with E-state index in [9.17, 15) is 9.59 Å². The van der Waals surface area contributed by atoms with E-state index in [0.717, 1.165) is 38.5 Å². The van der Waals surface area contributed by atoms with E-state index in [-0.39, 0.29) is 35.5 Å². The molecule has 0 saturated heterocycles. The normalized spacial score (nSPS) is 17.7. The number of halogens is 3. The highest BCUT2D eigenvalue weighted by Gasteiger charge is 2.25. The fourth-order valence-electron chi connectivity index (χ4n) is 5.03. The molecule has 2 aliphatic carbocycles. The largest absolute Gasteiger partial charge is 0.452 e. The number of Topliss-reactive ketones (excluding diaryl/α,β-unsaturated/α-hetero) is 2. The number of aromatic nitrogens is 4. The van der Waals surface area contributed by atoms with Crippen molar-refractivity contribution < 1.29 is 19.1 Å². The molecule has 6 N–H and O–H groups in total. The molecule has 0 amide bonds. The van der Waals surface area contributed by atoms with Gasteiger partial charge in [-0.15, -0.1) is 0 Å². The molecule has 2 saturated carbocycles. The SMILES string of the molecule is Nc1ncc(Oc2ccc(Cl)cc2)c(NC2CCCCC2=O)n1.Nc1ncc(Oc2ccc(Cl)cc2Cl)c(NC2CCCCC2=O)n1. The molecular weight excluding hydrogens is 667 g/mol. The molecule has 2 aromatic carbocycles. The van der Waals surface area contributed by atoms with Crippen molar-refractivity contribution >= 4 is 69.9 Å². The summed E-state index contributed by atoms with van der Waals surface area (Å²) in [5.41, 5.74) is 11.3. The number of hydrogen-bond donors (Lipinski definition) is 4. The fourth-order valence-corrected chi connectivity index (χ4v) is 5.61. The molecule has 0 aliphatic heterocycles. The van der Waals surface area contributed by atoms with Gasteiger partial charge in [-0.25, -0.2) is 9.97 Å². The predicted molar refractivity (Wildman–Crippen MR) is 183 cm³/mol. The lowest BCUT2D eigenvalue weighted by molar-refractivity contribution is -0.121. The highest BCUT2D eigenvalue weighted by molar-refractivity contribution is 6.35. The molecule has 2 atom stereocenters. The third-order valence-electron chi connectivity index (χ3n) is 7.43. The lowest BCUT2D eigenvalue weighted by Crippen LogP contribution is -2.32. The van der Waals surface area contributed by atoms with Crippen LogP contribution in [0.15, 0.2) is 54.9 Å². The lowest BCUT2D eigenvalue weighted by atomic mass is 9.94. The second-order valence-electron chi connectivity index (χ2n) is 10.9. The topological polar surface area (TPSA) is 180 Å². The van der Waals surface area contributed by atoms with Crippen LogP contribution in [0.25, 0.3) is 0 Å². The first-order valence-electron chi connectivity index (χ1n) is 15.0. The third-order valence-corrected chi connectivity index (χ3v) is 8.22. The van der Waals surface area contributed by atoms with Crippen LogP contribution in [0.5, 0.6) is 23.0 Å². The number of hydrogen-bond acceptors (Lipinski definition) is 12. The average Bonchev–Trinajstić information content (AvgIpc) is 3.04. The number of nitrogens with two attached hydrogens (primary N) is 2. The first-order chi connectivity index (χ1) is 22.6. The Bertz CT molecular complexity index is 1730. The van der Waals surface area contributed by atoms with Gasteiger partial charge in [-0.05, 0) is 68.1 Å². The monoisotopic (exact) mass is 698 g/mol. The summed E-state index contributed by atoms with van der Waals surface area (Å²) in [5.74, 6) is 3.12. The van der Waals surface area contributed by atoms with Crippen LogP contribution < -0.4 is 31.6 Å². The van der Waals surface area contributed by atoms with Crippen molar-refractivity contribution in [2.24, 2.45) is 0 Å². The van der Waals surface area contributed by atoms with Crippen molar-refractivity contribution in [3.8, 4) is 23.0 Å². The van der Waals surface area contributed by atoms with E-state index < -0.39 is 0 Å². The molecule has 2 unspecified atom stereocenters. The summed E-state index contributed by atoms with van der Waals surface area (Å²) in [5, 5.41) is 7.75. The van der Waals surface area contributed by atoms with Gasteiger partial charge >= 0.3 is 0 Å². The van der Waals surface area contributed by atoms with Crippen molar-refractivity contribution in [3.05, 3.63) is 69.9 Å². The molecule has 2 aliphatic rings. The third kappa shape index (κ3) is 9.57. The number of carbonyl (C=O) groups is 2. The van der Waals surface area contributed by atoms with Crippen LogP contribution in [0, 0.1) is 0 Å². The Kier molecular flexibility index (Phi) is 11.5. The summed E-state index contributed by atoms with van der Waals surface area (Å²) in [6.07, 6.45) is 9.50. The van der Waals surface area contributed by atoms with Gasteiger partial charge in [0.25, 0.3) is 0 Å². The van der Waals surface area contributed by atoms with Gasteiger partial charge in [0.2, 0.25) is 11.9 Å². The van der Waals surface area contributed by atoms with E-state index in [4.69, 9.17) is 55.7 Å². The second kappa shape index (κ2) is 15.9.